The smallest absolute Gasteiger partial charge is 0.229 e. The van der Waals surface area contributed by atoms with Gasteiger partial charge in [-0.05, 0) is 29.8 Å². The fourth-order valence-corrected chi connectivity index (χ4v) is 2.75. The molecule has 2 aromatic heterocycles. The highest BCUT2D eigenvalue weighted by molar-refractivity contribution is 5.98. The molecule has 0 aliphatic rings. The fourth-order valence-electron chi connectivity index (χ4n) is 2.75. The van der Waals surface area contributed by atoms with E-state index in [1.165, 1.54) is 0 Å². The topological polar surface area (TPSA) is 92.8 Å². The molecule has 0 aliphatic carbocycles. The van der Waals surface area contributed by atoms with Crippen molar-refractivity contribution in [2.45, 2.75) is 6.42 Å². The SMILES string of the molecule is COc1ccc(-c2cnc3n[nH]c(NC(=O)Cc4ccccc4)c3n2)cc1. The molecule has 2 aromatic carbocycles. The van der Waals surface area contributed by atoms with Crippen molar-refractivity contribution >= 4 is 22.9 Å². The number of carbonyl (C=O) groups excluding carboxylic acids is 1. The number of aromatic nitrogens is 4. The van der Waals surface area contributed by atoms with Gasteiger partial charge in [0.05, 0.1) is 25.4 Å². The highest BCUT2D eigenvalue weighted by Gasteiger charge is 2.13. The van der Waals surface area contributed by atoms with E-state index in [2.05, 4.69) is 25.5 Å². The van der Waals surface area contributed by atoms with Crippen LogP contribution >= 0.6 is 0 Å². The average molecular weight is 359 g/mol. The lowest BCUT2D eigenvalue weighted by Gasteiger charge is -2.05. The highest BCUT2D eigenvalue weighted by atomic mass is 16.5. The average Bonchev–Trinajstić information content (AvgIpc) is 3.10. The number of H-pyrrole nitrogens is 1. The molecule has 0 saturated carbocycles. The summed E-state index contributed by atoms with van der Waals surface area (Å²) < 4.78 is 5.18. The molecule has 0 aliphatic heterocycles. The van der Waals surface area contributed by atoms with E-state index in [0.717, 1.165) is 16.9 Å². The van der Waals surface area contributed by atoms with Gasteiger partial charge in [0.15, 0.2) is 11.3 Å². The molecule has 0 saturated heterocycles. The Kier molecular flexibility index (Phi) is 4.49. The van der Waals surface area contributed by atoms with E-state index >= 15 is 0 Å². The first-order valence-electron chi connectivity index (χ1n) is 8.42. The van der Waals surface area contributed by atoms with Crippen molar-refractivity contribution in [3.8, 4) is 17.0 Å². The van der Waals surface area contributed by atoms with Crippen molar-refractivity contribution in [2.75, 3.05) is 12.4 Å². The van der Waals surface area contributed by atoms with Crippen LogP contribution in [0.25, 0.3) is 22.4 Å². The molecule has 27 heavy (non-hydrogen) atoms. The molecule has 0 bridgehead atoms. The van der Waals surface area contributed by atoms with Crippen LogP contribution in [0.15, 0.2) is 60.8 Å². The van der Waals surface area contributed by atoms with Gasteiger partial charge in [-0.1, -0.05) is 30.3 Å². The number of carbonyl (C=O) groups is 1. The molecule has 2 N–H and O–H groups in total. The summed E-state index contributed by atoms with van der Waals surface area (Å²) in [6.45, 7) is 0. The quantitative estimate of drug-likeness (QED) is 0.571. The molecule has 4 rings (SSSR count). The van der Waals surface area contributed by atoms with Crippen molar-refractivity contribution in [2.24, 2.45) is 0 Å². The van der Waals surface area contributed by atoms with E-state index in [1.807, 2.05) is 54.6 Å². The van der Waals surface area contributed by atoms with Crippen LogP contribution in [0.3, 0.4) is 0 Å². The predicted molar refractivity (Wildman–Crippen MR) is 102 cm³/mol. The molecule has 0 spiro atoms. The third-order valence-electron chi connectivity index (χ3n) is 4.12. The first-order chi connectivity index (χ1) is 13.2. The molecule has 0 unspecified atom stereocenters. The van der Waals surface area contributed by atoms with Crippen molar-refractivity contribution in [3.63, 3.8) is 0 Å². The van der Waals surface area contributed by atoms with Crippen LogP contribution in [-0.4, -0.2) is 33.2 Å². The van der Waals surface area contributed by atoms with Gasteiger partial charge in [-0.2, -0.15) is 5.10 Å². The Hall–Kier alpha value is -3.74. The minimum Gasteiger partial charge on any atom is -0.497 e. The molecule has 0 atom stereocenters. The Morgan fingerprint density at radius 2 is 1.89 bits per heavy atom. The number of aromatic amines is 1. The number of hydrogen-bond donors (Lipinski definition) is 2. The zero-order chi connectivity index (χ0) is 18.6. The molecule has 0 fully saturated rings. The summed E-state index contributed by atoms with van der Waals surface area (Å²) in [5.74, 6) is 1.06. The normalized spacial score (nSPS) is 10.7. The molecule has 7 nitrogen and oxygen atoms in total. The van der Waals surface area contributed by atoms with E-state index in [4.69, 9.17) is 4.74 Å². The summed E-state index contributed by atoms with van der Waals surface area (Å²) in [6, 6.07) is 17.1. The standard InChI is InChI=1S/C20H17N5O2/c1-27-15-9-7-14(8-10-15)16-12-21-19-18(22-16)20(25-24-19)23-17(26)11-13-5-3-2-4-6-13/h2-10,12H,11H2,1H3,(H2,21,23,24,25,26). The number of fused-ring (bicyclic) bond motifs is 1. The second kappa shape index (κ2) is 7.25. The second-order valence-electron chi connectivity index (χ2n) is 5.97. The van der Waals surface area contributed by atoms with Crippen LogP contribution in [0.2, 0.25) is 0 Å². The van der Waals surface area contributed by atoms with E-state index in [9.17, 15) is 4.79 Å². The van der Waals surface area contributed by atoms with Gasteiger partial charge in [0.1, 0.15) is 5.75 Å². The number of nitrogens with one attached hydrogen (secondary N) is 2. The van der Waals surface area contributed by atoms with Gasteiger partial charge in [-0.25, -0.2) is 9.97 Å². The van der Waals surface area contributed by atoms with E-state index in [1.54, 1.807) is 13.3 Å². The highest BCUT2D eigenvalue weighted by Crippen LogP contribution is 2.24. The minimum atomic E-state index is -0.150. The van der Waals surface area contributed by atoms with E-state index < -0.39 is 0 Å². The number of anilines is 1. The molecular weight excluding hydrogens is 342 g/mol. The molecule has 7 heteroatoms. The van der Waals surface area contributed by atoms with Gasteiger partial charge in [-0.15, -0.1) is 0 Å². The molecule has 1 amide bonds. The summed E-state index contributed by atoms with van der Waals surface area (Å²) in [5, 5.41) is 9.74. The summed E-state index contributed by atoms with van der Waals surface area (Å²) >= 11 is 0. The number of amides is 1. The lowest BCUT2D eigenvalue weighted by atomic mass is 10.1. The maximum atomic E-state index is 12.3. The maximum absolute atomic E-state index is 12.3. The predicted octanol–water partition coefficient (Wildman–Crippen LogP) is 3.21. The maximum Gasteiger partial charge on any atom is 0.229 e. The number of nitrogens with zero attached hydrogens (tertiary/aromatic N) is 3. The Bertz CT molecular complexity index is 1070. The summed E-state index contributed by atoms with van der Waals surface area (Å²) in [7, 11) is 1.62. The van der Waals surface area contributed by atoms with Gasteiger partial charge in [0.2, 0.25) is 11.6 Å². The number of hydrogen-bond acceptors (Lipinski definition) is 5. The Morgan fingerprint density at radius 1 is 1.11 bits per heavy atom. The summed E-state index contributed by atoms with van der Waals surface area (Å²) in [6.07, 6.45) is 1.92. The molecule has 134 valence electrons. The minimum absolute atomic E-state index is 0.150. The Labute approximate surface area is 155 Å². The van der Waals surface area contributed by atoms with Crippen LogP contribution in [-0.2, 0) is 11.2 Å². The first kappa shape index (κ1) is 16.7. The largest absolute Gasteiger partial charge is 0.497 e. The van der Waals surface area contributed by atoms with E-state index in [-0.39, 0.29) is 12.3 Å². The van der Waals surface area contributed by atoms with Gasteiger partial charge in [0.25, 0.3) is 0 Å². The molecule has 0 radical (unpaired) electrons. The molecule has 4 aromatic rings. The number of methoxy groups -OCH3 is 1. The lowest BCUT2D eigenvalue weighted by molar-refractivity contribution is -0.115. The van der Waals surface area contributed by atoms with Crippen LogP contribution in [0.1, 0.15) is 5.56 Å². The first-order valence-corrected chi connectivity index (χ1v) is 8.42. The van der Waals surface area contributed by atoms with Gasteiger partial charge in [0, 0.05) is 5.56 Å². The Morgan fingerprint density at radius 3 is 2.63 bits per heavy atom. The molecular formula is C20H17N5O2. The van der Waals surface area contributed by atoms with Crippen molar-refractivity contribution in [1.29, 1.82) is 0 Å². The third kappa shape index (κ3) is 3.62. The van der Waals surface area contributed by atoms with Gasteiger partial charge in [-0.3, -0.25) is 9.89 Å². The number of benzene rings is 2. The molecule has 2 heterocycles. The van der Waals surface area contributed by atoms with Gasteiger partial charge < -0.3 is 10.1 Å². The van der Waals surface area contributed by atoms with Crippen molar-refractivity contribution in [1.82, 2.24) is 20.2 Å². The summed E-state index contributed by atoms with van der Waals surface area (Å²) in [5.41, 5.74) is 3.48. The van der Waals surface area contributed by atoms with Crippen molar-refractivity contribution in [3.05, 3.63) is 66.4 Å². The van der Waals surface area contributed by atoms with Crippen LogP contribution in [0.5, 0.6) is 5.75 Å². The summed E-state index contributed by atoms with van der Waals surface area (Å²) in [4.78, 5) is 21.3. The van der Waals surface area contributed by atoms with Gasteiger partial charge >= 0.3 is 0 Å². The van der Waals surface area contributed by atoms with E-state index in [0.29, 0.717) is 22.7 Å². The van der Waals surface area contributed by atoms with Crippen LogP contribution < -0.4 is 10.1 Å². The lowest BCUT2D eigenvalue weighted by Crippen LogP contribution is -2.15. The van der Waals surface area contributed by atoms with Crippen LogP contribution in [0, 0.1) is 0 Å². The van der Waals surface area contributed by atoms with Crippen molar-refractivity contribution < 1.29 is 9.53 Å². The third-order valence-corrected chi connectivity index (χ3v) is 4.12. The monoisotopic (exact) mass is 359 g/mol. The van der Waals surface area contributed by atoms with Crippen LogP contribution in [0.4, 0.5) is 5.82 Å². The number of ether oxygens (including phenoxy) is 1. The zero-order valence-electron chi connectivity index (χ0n) is 14.6. The second-order valence-corrected chi connectivity index (χ2v) is 5.97. The Balaban J connectivity index is 1.59. The fraction of sp³-hybridized carbons (Fsp3) is 0.100. The number of rotatable bonds is 5. The zero-order valence-corrected chi connectivity index (χ0v) is 14.6.